The number of ether oxygens (including phenoxy) is 1. The number of aromatic nitrogens is 4. The minimum atomic E-state index is -4.65. The van der Waals surface area contributed by atoms with E-state index in [1.165, 1.54) is 5.56 Å². The molecule has 1 unspecified atom stereocenters. The molecule has 35 heavy (non-hydrogen) atoms. The number of aryl methyl sites for hydroxylation is 2. The summed E-state index contributed by atoms with van der Waals surface area (Å²) in [6, 6.07) is 8.13. The topological polar surface area (TPSA) is 84.6 Å². The molecule has 188 valence electrons. The van der Waals surface area contributed by atoms with E-state index in [1.807, 2.05) is 12.1 Å². The first-order valence-corrected chi connectivity index (χ1v) is 11.6. The number of carbonyl (C=O) groups is 1. The normalized spacial score (nSPS) is 17.1. The molecular weight excluding hydrogens is 461 g/mol. The van der Waals surface area contributed by atoms with Crippen molar-refractivity contribution in [3.05, 3.63) is 58.2 Å². The Hall–Kier alpha value is -3.05. The number of fused-ring (bicyclic) bond motifs is 1. The van der Waals surface area contributed by atoms with E-state index in [0.29, 0.717) is 29.9 Å². The second-order valence-corrected chi connectivity index (χ2v) is 8.92. The minimum Gasteiger partial charge on any atom is -0.376 e. The first-order chi connectivity index (χ1) is 16.6. The largest absolute Gasteiger partial charge is 0.453 e. The molecule has 0 saturated carbocycles. The van der Waals surface area contributed by atoms with E-state index in [-0.39, 0.29) is 24.2 Å². The van der Waals surface area contributed by atoms with E-state index in [1.54, 1.807) is 13.8 Å². The van der Waals surface area contributed by atoms with Crippen LogP contribution in [0.5, 0.6) is 0 Å². The number of nitrogens with one attached hydrogen (secondary N) is 1. The highest BCUT2D eigenvalue weighted by Gasteiger charge is 2.37. The summed E-state index contributed by atoms with van der Waals surface area (Å²) in [5.41, 5.74) is 3.91. The molecule has 0 aliphatic carbocycles. The summed E-state index contributed by atoms with van der Waals surface area (Å²) in [6.07, 6.45) is -3.90. The van der Waals surface area contributed by atoms with Gasteiger partial charge in [0.15, 0.2) is 0 Å². The number of morpholine rings is 1. The smallest absolute Gasteiger partial charge is 0.376 e. The van der Waals surface area contributed by atoms with Crippen molar-refractivity contribution in [2.24, 2.45) is 0 Å². The van der Waals surface area contributed by atoms with Crippen LogP contribution in [-0.2, 0) is 35.2 Å². The van der Waals surface area contributed by atoms with Crippen LogP contribution in [-0.4, -0.2) is 56.2 Å². The summed E-state index contributed by atoms with van der Waals surface area (Å²) in [7, 11) is 0. The number of hydrogen-bond acceptors (Lipinski definition) is 6. The van der Waals surface area contributed by atoms with Crippen LogP contribution in [0.25, 0.3) is 5.78 Å². The van der Waals surface area contributed by atoms with Gasteiger partial charge in [0.2, 0.25) is 5.91 Å². The highest BCUT2D eigenvalue weighted by atomic mass is 19.4. The number of amides is 1. The Bertz CT molecular complexity index is 1210. The maximum atomic E-state index is 13.0. The van der Waals surface area contributed by atoms with Crippen LogP contribution in [0.3, 0.4) is 0 Å². The lowest BCUT2D eigenvalue weighted by molar-refractivity contribution is -0.144. The first-order valence-electron chi connectivity index (χ1n) is 11.6. The van der Waals surface area contributed by atoms with Crippen molar-refractivity contribution >= 4 is 11.7 Å². The Morgan fingerprint density at radius 3 is 2.74 bits per heavy atom. The van der Waals surface area contributed by atoms with E-state index in [2.05, 4.69) is 44.3 Å². The third-order valence-electron chi connectivity index (χ3n) is 6.12. The zero-order chi connectivity index (χ0) is 25.2. The highest BCUT2D eigenvalue weighted by molar-refractivity contribution is 5.76. The fourth-order valence-corrected chi connectivity index (χ4v) is 4.35. The predicted octanol–water partition coefficient (Wildman–Crippen LogP) is 3.23. The molecule has 1 N–H and O–H groups in total. The maximum absolute atomic E-state index is 13.0. The van der Waals surface area contributed by atoms with Gasteiger partial charge in [0, 0.05) is 44.0 Å². The summed E-state index contributed by atoms with van der Waals surface area (Å²) in [5.74, 6) is -1.48. The summed E-state index contributed by atoms with van der Waals surface area (Å²) >= 11 is 0. The van der Waals surface area contributed by atoms with Crippen molar-refractivity contribution in [3.8, 4) is 0 Å². The van der Waals surface area contributed by atoms with Gasteiger partial charge in [-0.05, 0) is 43.9 Å². The second kappa shape index (κ2) is 10.3. The fraction of sp³-hybridized carbons (Fsp3) is 0.500. The highest BCUT2D eigenvalue weighted by Crippen LogP contribution is 2.27. The summed E-state index contributed by atoms with van der Waals surface area (Å²) in [4.78, 5) is 22.5. The molecule has 11 heteroatoms. The summed E-state index contributed by atoms with van der Waals surface area (Å²) in [6.45, 7) is 9.19. The van der Waals surface area contributed by atoms with E-state index >= 15 is 0 Å². The maximum Gasteiger partial charge on any atom is 0.453 e. The Kier molecular flexibility index (Phi) is 7.36. The molecule has 0 spiro atoms. The number of hydrogen-bond donors (Lipinski definition) is 1. The average molecular weight is 491 g/mol. The molecule has 3 heterocycles. The monoisotopic (exact) mass is 490 g/mol. The van der Waals surface area contributed by atoms with Gasteiger partial charge in [-0.3, -0.25) is 9.69 Å². The van der Waals surface area contributed by atoms with Gasteiger partial charge in [0.05, 0.1) is 12.7 Å². The van der Waals surface area contributed by atoms with E-state index in [0.717, 1.165) is 36.3 Å². The lowest BCUT2D eigenvalue weighted by atomic mass is 10.1. The number of rotatable bonds is 7. The van der Waals surface area contributed by atoms with Gasteiger partial charge >= 0.3 is 6.18 Å². The molecule has 1 aliphatic rings. The third-order valence-corrected chi connectivity index (χ3v) is 6.12. The van der Waals surface area contributed by atoms with Crippen molar-refractivity contribution in [1.82, 2.24) is 29.8 Å². The molecule has 1 aromatic carbocycles. The Balaban J connectivity index is 1.34. The number of halogens is 3. The van der Waals surface area contributed by atoms with Crippen LogP contribution in [0.4, 0.5) is 13.2 Å². The van der Waals surface area contributed by atoms with Gasteiger partial charge in [-0.15, -0.1) is 5.10 Å². The first kappa shape index (κ1) is 25.1. The summed E-state index contributed by atoms with van der Waals surface area (Å²) < 4.78 is 45.6. The molecule has 0 bridgehead atoms. The van der Waals surface area contributed by atoms with Crippen LogP contribution in [0.15, 0.2) is 24.3 Å². The number of nitrogens with zero attached hydrogens (tertiary/aromatic N) is 5. The van der Waals surface area contributed by atoms with Crippen molar-refractivity contribution in [2.75, 3.05) is 19.7 Å². The van der Waals surface area contributed by atoms with Gasteiger partial charge in [0.25, 0.3) is 11.6 Å². The van der Waals surface area contributed by atoms with Crippen molar-refractivity contribution in [1.29, 1.82) is 0 Å². The van der Waals surface area contributed by atoms with Crippen LogP contribution in [0.1, 0.15) is 47.2 Å². The molecule has 3 aromatic rings. The van der Waals surface area contributed by atoms with E-state index in [4.69, 9.17) is 4.74 Å². The zero-order valence-electron chi connectivity index (χ0n) is 20.0. The van der Waals surface area contributed by atoms with Crippen molar-refractivity contribution in [3.63, 3.8) is 0 Å². The molecule has 2 aromatic heterocycles. The quantitative estimate of drug-likeness (QED) is 0.548. The molecule has 0 radical (unpaired) electrons. The number of carbonyl (C=O) groups excluding carboxylic acids is 1. The fourth-order valence-electron chi connectivity index (χ4n) is 4.35. The third kappa shape index (κ3) is 6.15. The molecule has 1 aliphatic heterocycles. The Morgan fingerprint density at radius 1 is 1.23 bits per heavy atom. The zero-order valence-corrected chi connectivity index (χ0v) is 20.0. The molecule has 1 amide bonds. The van der Waals surface area contributed by atoms with Gasteiger partial charge in [-0.1, -0.05) is 24.3 Å². The van der Waals surface area contributed by atoms with Crippen molar-refractivity contribution < 1.29 is 22.7 Å². The number of alkyl halides is 3. The number of benzene rings is 1. The van der Waals surface area contributed by atoms with E-state index < -0.39 is 12.0 Å². The lowest BCUT2D eigenvalue weighted by Gasteiger charge is -2.31. The van der Waals surface area contributed by atoms with Crippen LogP contribution in [0, 0.1) is 13.8 Å². The minimum absolute atomic E-state index is 0.105. The second-order valence-electron chi connectivity index (χ2n) is 8.92. The predicted molar refractivity (Wildman–Crippen MR) is 123 cm³/mol. The molecular formula is C24H29F3N6O2. The van der Waals surface area contributed by atoms with Gasteiger partial charge in [-0.25, -0.2) is 9.50 Å². The molecule has 4 rings (SSSR count). The van der Waals surface area contributed by atoms with Crippen LogP contribution in [0.2, 0.25) is 0 Å². The average Bonchev–Trinajstić information content (AvgIpc) is 3.23. The molecule has 8 nitrogen and oxygen atoms in total. The van der Waals surface area contributed by atoms with Gasteiger partial charge in [-0.2, -0.15) is 18.2 Å². The Labute approximate surface area is 201 Å². The standard InChI is InChI=1S/C24H29F3N6O2/c1-15-13-32(9-10-35-15)14-19-6-4-5-18(11-19)12-28-21(34)8-7-20-16(2)29-23-30-22(24(25,26)27)31-33(23)17(20)3/h4-6,11,15H,7-10,12-14H2,1-3H3,(H,28,34). The summed E-state index contributed by atoms with van der Waals surface area (Å²) in [5, 5.41) is 6.48. The Morgan fingerprint density at radius 2 is 2.00 bits per heavy atom. The van der Waals surface area contributed by atoms with E-state index in [9.17, 15) is 18.0 Å². The SMILES string of the molecule is Cc1nc2nc(C(F)(F)F)nn2c(C)c1CCC(=O)NCc1cccc(CN2CCOC(C)C2)c1. The van der Waals surface area contributed by atoms with Gasteiger partial charge < -0.3 is 10.1 Å². The van der Waals surface area contributed by atoms with Gasteiger partial charge in [0.1, 0.15) is 0 Å². The van der Waals surface area contributed by atoms with Crippen LogP contribution >= 0.6 is 0 Å². The lowest BCUT2D eigenvalue weighted by Crippen LogP contribution is -2.40. The molecule has 1 saturated heterocycles. The molecule has 1 atom stereocenters. The van der Waals surface area contributed by atoms with Crippen LogP contribution < -0.4 is 5.32 Å². The molecule has 1 fully saturated rings. The van der Waals surface area contributed by atoms with Crippen molar-refractivity contribution in [2.45, 2.75) is 59.0 Å².